The lowest BCUT2D eigenvalue weighted by Crippen LogP contribution is -2.17. The Balaban J connectivity index is 1.70. The van der Waals surface area contributed by atoms with Crippen molar-refractivity contribution in [3.8, 4) is 22.8 Å². The largest absolute Gasteiger partial charge is 0.497 e. The lowest BCUT2D eigenvalue weighted by atomic mass is 10.1. The molecule has 1 aromatic carbocycles. The van der Waals surface area contributed by atoms with Crippen molar-refractivity contribution in [2.45, 2.75) is 6.92 Å². The van der Waals surface area contributed by atoms with Crippen LogP contribution in [0.2, 0.25) is 0 Å². The van der Waals surface area contributed by atoms with Gasteiger partial charge in [-0.3, -0.25) is 9.89 Å². The molecule has 3 aromatic rings. The number of ether oxygens (including phenoxy) is 2. The topological polar surface area (TPSA) is 102 Å². The highest BCUT2D eigenvalue weighted by Crippen LogP contribution is 2.32. The molecule has 0 radical (unpaired) electrons. The Kier molecular flexibility index (Phi) is 5.91. The maximum Gasteiger partial charge on any atom is 0.289 e. The average Bonchev–Trinajstić information content (AvgIpc) is 3.39. The van der Waals surface area contributed by atoms with Gasteiger partial charge in [0.25, 0.3) is 5.91 Å². The summed E-state index contributed by atoms with van der Waals surface area (Å²) in [5, 5.41) is 10.8. The number of aromatic amines is 1. The molecule has 2 aromatic heterocycles. The zero-order chi connectivity index (χ0) is 19.9. The first kappa shape index (κ1) is 19.0. The quantitative estimate of drug-likeness (QED) is 0.482. The highest BCUT2D eigenvalue weighted by Gasteiger charge is 2.14. The standard InChI is InChI=1S/C20H20N4O4/c1-13(9-15-5-4-8-28-15)12-21-24-20(25)18-11-17(22-23-18)16-10-14(26-2)6-7-19(16)27-3/h4-12H,1-3H3,(H,22,23)(H,24,25). The smallest absolute Gasteiger partial charge is 0.289 e. The van der Waals surface area contributed by atoms with Crippen molar-refractivity contribution in [2.24, 2.45) is 5.10 Å². The highest BCUT2D eigenvalue weighted by molar-refractivity contribution is 5.94. The minimum Gasteiger partial charge on any atom is -0.497 e. The molecule has 0 bridgehead atoms. The van der Waals surface area contributed by atoms with Crippen LogP contribution in [0, 0.1) is 0 Å². The molecule has 1 amide bonds. The van der Waals surface area contributed by atoms with Gasteiger partial charge in [-0.15, -0.1) is 0 Å². The molecule has 8 heteroatoms. The summed E-state index contributed by atoms with van der Waals surface area (Å²) in [6, 6.07) is 10.6. The van der Waals surface area contributed by atoms with Gasteiger partial charge in [0, 0.05) is 5.56 Å². The zero-order valence-corrected chi connectivity index (χ0v) is 15.7. The Labute approximate surface area is 161 Å². The number of benzene rings is 1. The summed E-state index contributed by atoms with van der Waals surface area (Å²) in [5.41, 5.74) is 4.81. The lowest BCUT2D eigenvalue weighted by Gasteiger charge is -2.08. The van der Waals surface area contributed by atoms with Gasteiger partial charge in [-0.05, 0) is 55.0 Å². The van der Waals surface area contributed by atoms with Crippen LogP contribution in [0.4, 0.5) is 0 Å². The Morgan fingerprint density at radius 1 is 1.25 bits per heavy atom. The van der Waals surface area contributed by atoms with Gasteiger partial charge in [-0.2, -0.15) is 10.2 Å². The average molecular weight is 380 g/mol. The molecule has 0 unspecified atom stereocenters. The van der Waals surface area contributed by atoms with Crippen molar-refractivity contribution >= 4 is 18.2 Å². The zero-order valence-electron chi connectivity index (χ0n) is 15.7. The molecule has 0 aliphatic rings. The van der Waals surface area contributed by atoms with E-state index in [1.807, 2.05) is 13.0 Å². The van der Waals surface area contributed by atoms with Crippen LogP contribution in [0.1, 0.15) is 23.2 Å². The maximum atomic E-state index is 12.3. The second-order valence-corrected chi connectivity index (χ2v) is 5.84. The van der Waals surface area contributed by atoms with E-state index in [9.17, 15) is 4.79 Å². The number of nitrogens with one attached hydrogen (secondary N) is 2. The third kappa shape index (κ3) is 4.47. The van der Waals surface area contributed by atoms with Crippen molar-refractivity contribution in [1.82, 2.24) is 15.6 Å². The van der Waals surface area contributed by atoms with E-state index in [-0.39, 0.29) is 5.69 Å². The molecule has 8 nitrogen and oxygen atoms in total. The molecule has 144 valence electrons. The van der Waals surface area contributed by atoms with Crippen molar-refractivity contribution in [1.29, 1.82) is 0 Å². The van der Waals surface area contributed by atoms with Crippen LogP contribution in [-0.4, -0.2) is 36.5 Å². The summed E-state index contributed by atoms with van der Waals surface area (Å²) in [4.78, 5) is 12.3. The number of furan rings is 1. The van der Waals surface area contributed by atoms with Crippen LogP contribution in [0.5, 0.6) is 11.5 Å². The van der Waals surface area contributed by atoms with Crippen molar-refractivity contribution < 1.29 is 18.7 Å². The summed E-state index contributed by atoms with van der Waals surface area (Å²) in [6.07, 6.45) is 4.92. The third-order valence-electron chi connectivity index (χ3n) is 3.85. The summed E-state index contributed by atoms with van der Waals surface area (Å²) >= 11 is 0. The van der Waals surface area contributed by atoms with Crippen molar-refractivity contribution in [2.75, 3.05) is 14.2 Å². The van der Waals surface area contributed by atoms with Crippen LogP contribution in [0.3, 0.4) is 0 Å². The second-order valence-electron chi connectivity index (χ2n) is 5.84. The molecule has 0 fully saturated rings. The summed E-state index contributed by atoms with van der Waals surface area (Å²) in [7, 11) is 3.15. The first-order valence-corrected chi connectivity index (χ1v) is 8.43. The number of hydrazone groups is 1. The molecule has 0 spiro atoms. The fourth-order valence-electron chi connectivity index (χ4n) is 2.48. The summed E-state index contributed by atoms with van der Waals surface area (Å²) in [6.45, 7) is 1.85. The number of H-pyrrole nitrogens is 1. The van der Waals surface area contributed by atoms with E-state index in [0.717, 1.165) is 5.57 Å². The number of carbonyl (C=O) groups is 1. The fraction of sp³-hybridized carbons (Fsp3) is 0.150. The predicted molar refractivity (Wildman–Crippen MR) is 105 cm³/mol. The van der Waals surface area contributed by atoms with E-state index in [2.05, 4.69) is 20.7 Å². The number of rotatable bonds is 7. The normalized spacial score (nSPS) is 11.6. The number of allylic oxidation sites excluding steroid dienone is 1. The van der Waals surface area contributed by atoms with E-state index in [4.69, 9.17) is 13.9 Å². The molecule has 0 aliphatic heterocycles. The number of amides is 1. The number of aromatic nitrogens is 2. The monoisotopic (exact) mass is 380 g/mol. The molecular weight excluding hydrogens is 360 g/mol. The van der Waals surface area contributed by atoms with Gasteiger partial charge >= 0.3 is 0 Å². The molecule has 2 heterocycles. The van der Waals surface area contributed by atoms with Crippen LogP contribution in [0.25, 0.3) is 17.3 Å². The summed E-state index contributed by atoms with van der Waals surface area (Å²) in [5.74, 6) is 1.58. The molecule has 0 saturated heterocycles. The predicted octanol–water partition coefficient (Wildman–Crippen LogP) is 3.51. The lowest BCUT2D eigenvalue weighted by molar-refractivity contribution is 0.0950. The maximum absolute atomic E-state index is 12.3. The number of hydrogen-bond acceptors (Lipinski definition) is 6. The van der Waals surface area contributed by atoms with Crippen LogP contribution < -0.4 is 14.9 Å². The molecule has 0 aliphatic carbocycles. The fourth-order valence-corrected chi connectivity index (χ4v) is 2.48. The highest BCUT2D eigenvalue weighted by atomic mass is 16.5. The Morgan fingerprint density at radius 2 is 2.11 bits per heavy atom. The first-order valence-electron chi connectivity index (χ1n) is 8.43. The molecule has 0 atom stereocenters. The number of nitrogens with zero attached hydrogens (tertiary/aromatic N) is 2. The van der Waals surface area contributed by atoms with E-state index in [1.165, 1.54) is 6.21 Å². The van der Waals surface area contributed by atoms with Crippen LogP contribution in [-0.2, 0) is 0 Å². The number of carbonyl (C=O) groups excluding carboxylic acids is 1. The first-order chi connectivity index (χ1) is 13.6. The molecule has 28 heavy (non-hydrogen) atoms. The van der Waals surface area contributed by atoms with Crippen LogP contribution >= 0.6 is 0 Å². The molecule has 0 saturated carbocycles. The molecular formula is C20H20N4O4. The molecule has 2 N–H and O–H groups in total. The van der Waals surface area contributed by atoms with E-state index in [0.29, 0.717) is 28.5 Å². The third-order valence-corrected chi connectivity index (χ3v) is 3.85. The van der Waals surface area contributed by atoms with E-state index < -0.39 is 5.91 Å². The Hall–Kier alpha value is -3.81. The van der Waals surface area contributed by atoms with Gasteiger partial charge in [0.05, 0.1) is 32.4 Å². The van der Waals surface area contributed by atoms with Gasteiger partial charge < -0.3 is 13.9 Å². The van der Waals surface area contributed by atoms with Crippen LogP contribution in [0.15, 0.2) is 57.8 Å². The van der Waals surface area contributed by atoms with Gasteiger partial charge in [0.2, 0.25) is 0 Å². The van der Waals surface area contributed by atoms with Gasteiger partial charge in [0.15, 0.2) is 0 Å². The minimum atomic E-state index is -0.414. The molecule has 3 rings (SSSR count). The van der Waals surface area contributed by atoms with Gasteiger partial charge in [0.1, 0.15) is 23.0 Å². The second kappa shape index (κ2) is 8.72. The van der Waals surface area contributed by atoms with Crippen molar-refractivity contribution in [3.05, 3.63) is 59.7 Å². The Bertz CT molecular complexity index is 1000. The number of methoxy groups -OCH3 is 2. The van der Waals surface area contributed by atoms with Crippen molar-refractivity contribution in [3.63, 3.8) is 0 Å². The number of hydrogen-bond donors (Lipinski definition) is 2. The SMILES string of the molecule is COc1ccc(OC)c(-c2cc(C(=O)NN=CC(C)=Cc3ccco3)[nH]n2)c1. The summed E-state index contributed by atoms with van der Waals surface area (Å²) < 4.78 is 15.8. The van der Waals surface area contributed by atoms with E-state index >= 15 is 0 Å². The van der Waals surface area contributed by atoms with Gasteiger partial charge in [-0.25, -0.2) is 5.43 Å². The van der Waals surface area contributed by atoms with Gasteiger partial charge in [-0.1, -0.05) is 0 Å². The Morgan fingerprint density at radius 3 is 2.82 bits per heavy atom. The van der Waals surface area contributed by atoms with E-state index in [1.54, 1.807) is 56.9 Å². The minimum absolute atomic E-state index is 0.268.